The van der Waals surface area contributed by atoms with E-state index in [1.54, 1.807) is 13.0 Å². The third kappa shape index (κ3) is 3.07. The number of nitrogens with zero attached hydrogens (tertiary/aromatic N) is 2. The standard InChI is InChI=1S/C13H18N2O5S/c1-10-3-2-4-12(15(17)18)13(10)21(19,20)14-7-5-11(9-14)6-8-16/h2-4,11,16H,5-9H2,1H3. The summed E-state index contributed by atoms with van der Waals surface area (Å²) in [6, 6.07) is 4.24. The van der Waals surface area contributed by atoms with Gasteiger partial charge in [0.05, 0.1) is 4.92 Å². The summed E-state index contributed by atoms with van der Waals surface area (Å²) >= 11 is 0. The van der Waals surface area contributed by atoms with Crippen LogP contribution in [0.1, 0.15) is 18.4 Å². The Kier molecular flexibility index (Phi) is 4.60. The number of rotatable bonds is 5. The van der Waals surface area contributed by atoms with Crippen molar-refractivity contribution < 1.29 is 18.4 Å². The minimum Gasteiger partial charge on any atom is -0.396 e. The molecule has 1 atom stereocenters. The van der Waals surface area contributed by atoms with Crippen molar-refractivity contribution in [2.75, 3.05) is 19.7 Å². The molecule has 1 aromatic carbocycles. The van der Waals surface area contributed by atoms with Crippen LogP contribution in [0.5, 0.6) is 0 Å². The van der Waals surface area contributed by atoms with Crippen molar-refractivity contribution in [3.63, 3.8) is 0 Å². The fourth-order valence-corrected chi connectivity index (χ4v) is 4.57. The van der Waals surface area contributed by atoms with E-state index in [4.69, 9.17) is 5.11 Å². The van der Waals surface area contributed by atoms with Crippen LogP contribution in [0.15, 0.2) is 23.1 Å². The first-order chi connectivity index (χ1) is 9.87. The molecule has 2 rings (SSSR count). The monoisotopic (exact) mass is 314 g/mol. The van der Waals surface area contributed by atoms with Crippen molar-refractivity contribution in [3.8, 4) is 0 Å². The molecule has 1 aromatic rings. The van der Waals surface area contributed by atoms with Crippen molar-refractivity contribution >= 4 is 15.7 Å². The molecule has 1 fully saturated rings. The van der Waals surface area contributed by atoms with Gasteiger partial charge in [0.25, 0.3) is 5.69 Å². The third-order valence-corrected chi connectivity index (χ3v) is 5.83. The van der Waals surface area contributed by atoms with E-state index in [0.717, 1.165) is 0 Å². The average Bonchev–Trinajstić information content (AvgIpc) is 2.88. The molecule has 116 valence electrons. The number of benzene rings is 1. The fraction of sp³-hybridized carbons (Fsp3) is 0.538. The number of nitro benzene ring substituents is 1. The first-order valence-corrected chi connectivity index (χ1v) is 8.17. The number of aliphatic hydroxyl groups is 1. The van der Waals surface area contributed by atoms with E-state index in [2.05, 4.69) is 0 Å². The van der Waals surface area contributed by atoms with Gasteiger partial charge in [-0.25, -0.2) is 8.42 Å². The maximum Gasteiger partial charge on any atom is 0.289 e. The lowest BCUT2D eigenvalue weighted by Gasteiger charge is -2.17. The van der Waals surface area contributed by atoms with Gasteiger partial charge in [0, 0.05) is 25.8 Å². The number of nitro groups is 1. The second kappa shape index (κ2) is 6.08. The topological polar surface area (TPSA) is 101 Å². The SMILES string of the molecule is Cc1cccc([N+](=O)[O-])c1S(=O)(=O)N1CCC(CCO)C1. The molecule has 0 spiro atoms. The van der Waals surface area contributed by atoms with Gasteiger partial charge in [-0.1, -0.05) is 12.1 Å². The summed E-state index contributed by atoms with van der Waals surface area (Å²) in [6.07, 6.45) is 1.21. The highest BCUT2D eigenvalue weighted by Gasteiger charge is 2.37. The van der Waals surface area contributed by atoms with Gasteiger partial charge in [-0.2, -0.15) is 4.31 Å². The molecular weight excluding hydrogens is 296 g/mol. The first kappa shape index (κ1) is 15.9. The molecule has 21 heavy (non-hydrogen) atoms. The van der Waals surface area contributed by atoms with Crippen molar-refractivity contribution in [1.82, 2.24) is 4.31 Å². The zero-order valence-electron chi connectivity index (χ0n) is 11.7. The van der Waals surface area contributed by atoms with Crippen LogP contribution in [0.2, 0.25) is 0 Å². The number of aliphatic hydroxyl groups excluding tert-OH is 1. The molecule has 1 aliphatic rings. The highest BCUT2D eigenvalue weighted by atomic mass is 32.2. The Morgan fingerprint density at radius 2 is 2.19 bits per heavy atom. The van der Waals surface area contributed by atoms with Crippen LogP contribution in [0.25, 0.3) is 0 Å². The molecule has 7 nitrogen and oxygen atoms in total. The summed E-state index contributed by atoms with van der Waals surface area (Å²) in [5.74, 6) is 0.104. The van der Waals surface area contributed by atoms with Gasteiger partial charge in [0.2, 0.25) is 10.0 Å². The predicted molar refractivity (Wildman–Crippen MR) is 76.4 cm³/mol. The molecule has 1 N–H and O–H groups in total. The minimum absolute atomic E-state index is 0.0169. The van der Waals surface area contributed by atoms with Gasteiger partial charge in [-0.3, -0.25) is 10.1 Å². The lowest BCUT2D eigenvalue weighted by Crippen LogP contribution is -2.30. The fourth-order valence-electron chi connectivity index (χ4n) is 2.68. The number of hydrogen-bond acceptors (Lipinski definition) is 5. The van der Waals surface area contributed by atoms with Crippen molar-refractivity contribution in [3.05, 3.63) is 33.9 Å². The van der Waals surface area contributed by atoms with E-state index in [-0.39, 0.29) is 23.1 Å². The van der Waals surface area contributed by atoms with Gasteiger partial charge in [-0.05, 0) is 31.2 Å². The molecule has 0 radical (unpaired) electrons. The first-order valence-electron chi connectivity index (χ1n) is 6.73. The maximum absolute atomic E-state index is 12.7. The summed E-state index contributed by atoms with van der Waals surface area (Å²) < 4.78 is 26.7. The van der Waals surface area contributed by atoms with Crippen LogP contribution in [0, 0.1) is 23.0 Å². The zero-order valence-corrected chi connectivity index (χ0v) is 12.5. The van der Waals surface area contributed by atoms with Gasteiger partial charge < -0.3 is 5.11 Å². The van der Waals surface area contributed by atoms with Crippen LogP contribution in [0.3, 0.4) is 0 Å². The van der Waals surface area contributed by atoms with Crippen molar-refractivity contribution in [1.29, 1.82) is 0 Å². The highest BCUT2D eigenvalue weighted by Crippen LogP contribution is 2.33. The van der Waals surface area contributed by atoms with E-state index in [0.29, 0.717) is 31.5 Å². The van der Waals surface area contributed by atoms with E-state index in [1.165, 1.54) is 16.4 Å². The normalized spacial score (nSPS) is 19.8. The Morgan fingerprint density at radius 3 is 2.81 bits per heavy atom. The number of hydrogen-bond donors (Lipinski definition) is 1. The molecule has 0 amide bonds. The summed E-state index contributed by atoms with van der Waals surface area (Å²) in [4.78, 5) is 10.2. The second-order valence-corrected chi connectivity index (χ2v) is 7.09. The lowest BCUT2D eigenvalue weighted by molar-refractivity contribution is -0.387. The number of sulfonamides is 1. The summed E-state index contributed by atoms with van der Waals surface area (Å²) in [5, 5.41) is 20.0. The lowest BCUT2D eigenvalue weighted by atomic mass is 10.1. The Hall–Kier alpha value is -1.51. The van der Waals surface area contributed by atoms with Crippen LogP contribution in [-0.2, 0) is 10.0 Å². The quantitative estimate of drug-likeness (QED) is 0.652. The van der Waals surface area contributed by atoms with Crippen LogP contribution in [0.4, 0.5) is 5.69 Å². The molecule has 0 aromatic heterocycles. The van der Waals surface area contributed by atoms with E-state index in [9.17, 15) is 18.5 Å². The van der Waals surface area contributed by atoms with Gasteiger partial charge in [0.15, 0.2) is 4.90 Å². The molecular formula is C13H18N2O5S. The predicted octanol–water partition coefficient (Wildman–Crippen LogP) is 1.30. The zero-order chi connectivity index (χ0) is 15.6. The maximum atomic E-state index is 12.7. The highest BCUT2D eigenvalue weighted by molar-refractivity contribution is 7.89. The van der Waals surface area contributed by atoms with Crippen molar-refractivity contribution in [2.45, 2.75) is 24.7 Å². The molecule has 0 bridgehead atoms. The van der Waals surface area contributed by atoms with Crippen LogP contribution in [-0.4, -0.2) is 42.4 Å². The molecule has 1 heterocycles. The van der Waals surface area contributed by atoms with Gasteiger partial charge in [-0.15, -0.1) is 0 Å². The second-order valence-electron chi connectivity index (χ2n) is 5.21. The van der Waals surface area contributed by atoms with E-state index < -0.39 is 14.9 Å². The van der Waals surface area contributed by atoms with Crippen molar-refractivity contribution in [2.24, 2.45) is 5.92 Å². The molecule has 0 aliphatic carbocycles. The third-order valence-electron chi connectivity index (χ3n) is 3.77. The molecule has 1 saturated heterocycles. The van der Waals surface area contributed by atoms with Crippen LogP contribution >= 0.6 is 0 Å². The average molecular weight is 314 g/mol. The minimum atomic E-state index is -3.89. The van der Waals surface area contributed by atoms with E-state index >= 15 is 0 Å². The largest absolute Gasteiger partial charge is 0.396 e. The summed E-state index contributed by atoms with van der Waals surface area (Å²) in [7, 11) is -3.89. The summed E-state index contributed by atoms with van der Waals surface area (Å²) in [5.41, 5.74) is -0.0181. The molecule has 8 heteroatoms. The number of aryl methyl sites for hydroxylation is 1. The molecule has 0 saturated carbocycles. The molecule has 1 unspecified atom stereocenters. The Bertz CT molecular complexity index is 644. The van der Waals surface area contributed by atoms with Crippen LogP contribution < -0.4 is 0 Å². The van der Waals surface area contributed by atoms with Gasteiger partial charge in [0.1, 0.15) is 0 Å². The van der Waals surface area contributed by atoms with E-state index in [1.807, 2.05) is 0 Å². The molecule has 1 aliphatic heterocycles. The van der Waals surface area contributed by atoms with Gasteiger partial charge >= 0.3 is 0 Å². The smallest absolute Gasteiger partial charge is 0.289 e. The summed E-state index contributed by atoms with van der Waals surface area (Å²) in [6.45, 7) is 2.21. The Morgan fingerprint density at radius 1 is 1.48 bits per heavy atom. The Labute approximate surface area is 123 Å². The Balaban J connectivity index is 2.39.